The van der Waals surface area contributed by atoms with Gasteiger partial charge < -0.3 is 5.32 Å². The van der Waals surface area contributed by atoms with Gasteiger partial charge in [-0.25, -0.2) is 4.39 Å². The maximum absolute atomic E-state index is 13.3. The van der Waals surface area contributed by atoms with Gasteiger partial charge in [0.2, 0.25) is 0 Å². The van der Waals surface area contributed by atoms with Gasteiger partial charge >= 0.3 is 0 Å². The number of benzene rings is 1. The van der Waals surface area contributed by atoms with Gasteiger partial charge in [-0.1, -0.05) is 26.8 Å². The zero-order valence-electron chi connectivity index (χ0n) is 12.1. The third-order valence-electron chi connectivity index (χ3n) is 3.22. The Morgan fingerprint density at radius 1 is 1.28 bits per heavy atom. The van der Waals surface area contributed by atoms with Crippen molar-refractivity contribution in [3.63, 3.8) is 0 Å². The van der Waals surface area contributed by atoms with Crippen LogP contribution in [-0.2, 0) is 6.42 Å². The molecular formula is C16H26FN. The maximum atomic E-state index is 13.3. The Morgan fingerprint density at radius 2 is 2.00 bits per heavy atom. The van der Waals surface area contributed by atoms with Crippen molar-refractivity contribution in [3.05, 3.63) is 35.1 Å². The molecule has 0 aromatic heterocycles. The minimum atomic E-state index is -0.130. The number of hydrogen-bond donors (Lipinski definition) is 1. The number of rotatable bonds is 7. The Hall–Kier alpha value is -0.890. The Balaban J connectivity index is 2.71. The Kier molecular flexibility index (Phi) is 6.34. The summed E-state index contributed by atoms with van der Waals surface area (Å²) in [4.78, 5) is 0. The van der Waals surface area contributed by atoms with Gasteiger partial charge in [0, 0.05) is 6.04 Å². The van der Waals surface area contributed by atoms with Crippen LogP contribution >= 0.6 is 0 Å². The van der Waals surface area contributed by atoms with Crippen molar-refractivity contribution in [1.82, 2.24) is 5.32 Å². The van der Waals surface area contributed by atoms with Crippen LogP contribution in [0.3, 0.4) is 0 Å². The first kappa shape index (κ1) is 15.2. The van der Waals surface area contributed by atoms with Gasteiger partial charge in [-0.2, -0.15) is 0 Å². The van der Waals surface area contributed by atoms with E-state index in [-0.39, 0.29) is 5.82 Å². The van der Waals surface area contributed by atoms with Crippen molar-refractivity contribution < 1.29 is 4.39 Å². The van der Waals surface area contributed by atoms with Gasteiger partial charge in [-0.3, -0.25) is 0 Å². The van der Waals surface area contributed by atoms with E-state index in [0.29, 0.717) is 12.0 Å². The SMILES string of the molecule is CCCNC(Cc1cc(F)ccc1C)CC(C)C. The summed E-state index contributed by atoms with van der Waals surface area (Å²) < 4.78 is 13.3. The molecule has 1 rings (SSSR count). The molecule has 0 radical (unpaired) electrons. The van der Waals surface area contributed by atoms with Gasteiger partial charge in [0.15, 0.2) is 0 Å². The first-order valence-electron chi connectivity index (χ1n) is 7.01. The molecule has 1 aromatic carbocycles. The molecule has 0 bridgehead atoms. The molecule has 0 heterocycles. The molecule has 0 aliphatic heterocycles. The van der Waals surface area contributed by atoms with Crippen LogP contribution in [0.4, 0.5) is 4.39 Å². The fraction of sp³-hybridized carbons (Fsp3) is 0.625. The van der Waals surface area contributed by atoms with E-state index in [1.807, 2.05) is 6.07 Å². The first-order valence-corrected chi connectivity index (χ1v) is 7.01. The molecule has 18 heavy (non-hydrogen) atoms. The highest BCUT2D eigenvalue weighted by Gasteiger charge is 2.12. The standard InChI is InChI=1S/C16H26FN/c1-5-8-18-16(9-12(2)3)11-14-10-15(17)7-6-13(14)4/h6-7,10,12,16,18H,5,8-9,11H2,1-4H3. The molecule has 2 heteroatoms. The van der Waals surface area contributed by atoms with Crippen molar-refractivity contribution >= 4 is 0 Å². The topological polar surface area (TPSA) is 12.0 Å². The largest absolute Gasteiger partial charge is 0.314 e. The fourth-order valence-electron chi connectivity index (χ4n) is 2.28. The van der Waals surface area contributed by atoms with E-state index in [1.165, 1.54) is 11.6 Å². The first-order chi connectivity index (χ1) is 8.52. The molecule has 0 aliphatic carbocycles. The van der Waals surface area contributed by atoms with Crippen LogP contribution in [0.1, 0.15) is 44.7 Å². The van der Waals surface area contributed by atoms with Crippen molar-refractivity contribution in [1.29, 1.82) is 0 Å². The zero-order chi connectivity index (χ0) is 13.5. The second-order valence-corrected chi connectivity index (χ2v) is 5.56. The summed E-state index contributed by atoms with van der Waals surface area (Å²) in [5.41, 5.74) is 2.31. The van der Waals surface area contributed by atoms with Crippen molar-refractivity contribution in [3.8, 4) is 0 Å². The van der Waals surface area contributed by atoms with E-state index in [4.69, 9.17) is 0 Å². The highest BCUT2D eigenvalue weighted by atomic mass is 19.1. The molecule has 1 N–H and O–H groups in total. The molecule has 0 amide bonds. The summed E-state index contributed by atoms with van der Waals surface area (Å²) in [5.74, 6) is 0.530. The normalized spacial score (nSPS) is 13.0. The summed E-state index contributed by atoms with van der Waals surface area (Å²) in [6, 6.07) is 5.54. The van der Waals surface area contributed by atoms with Crippen LogP contribution < -0.4 is 5.32 Å². The minimum absolute atomic E-state index is 0.130. The smallest absolute Gasteiger partial charge is 0.123 e. The predicted molar refractivity (Wildman–Crippen MR) is 76.4 cm³/mol. The van der Waals surface area contributed by atoms with Crippen LogP contribution in [0.15, 0.2) is 18.2 Å². The van der Waals surface area contributed by atoms with Crippen LogP contribution in [0.25, 0.3) is 0 Å². The lowest BCUT2D eigenvalue weighted by Crippen LogP contribution is -2.33. The quantitative estimate of drug-likeness (QED) is 0.769. The van der Waals surface area contributed by atoms with E-state index in [2.05, 4.69) is 33.0 Å². The van der Waals surface area contributed by atoms with Crippen LogP contribution in [0.5, 0.6) is 0 Å². The molecule has 0 aliphatic rings. The molecular weight excluding hydrogens is 225 g/mol. The lowest BCUT2D eigenvalue weighted by atomic mass is 9.95. The maximum Gasteiger partial charge on any atom is 0.123 e. The number of nitrogens with one attached hydrogen (secondary N) is 1. The summed E-state index contributed by atoms with van der Waals surface area (Å²) in [6.45, 7) is 9.73. The molecule has 0 spiro atoms. The third kappa shape index (κ3) is 5.18. The Bertz CT molecular complexity index is 360. The Morgan fingerprint density at radius 3 is 2.61 bits per heavy atom. The van der Waals surface area contributed by atoms with Gasteiger partial charge in [-0.05, 0) is 61.9 Å². The predicted octanol–water partition coefficient (Wildman–Crippen LogP) is 4.09. The van der Waals surface area contributed by atoms with E-state index in [1.54, 1.807) is 6.07 Å². The molecule has 1 nitrogen and oxygen atoms in total. The average molecular weight is 251 g/mol. The summed E-state index contributed by atoms with van der Waals surface area (Å²) >= 11 is 0. The third-order valence-corrected chi connectivity index (χ3v) is 3.22. The summed E-state index contributed by atoms with van der Waals surface area (Å²) in [7, 11) is 0. The van der Waals surface area contributed by atoms with E-state index in [9.17, 15) is 4.39 Å². The Labute approximate surface area is 111 Å². The van der Waals surface area contributed by atoms with E-state index in [0.717, 1.165) is 31.4 Å². The fourth-order valence-corrected chi connectivity index (χ4v) is 2.28. The lowest BCUT2D eigenvalue weighted by molar-refractivity contribution is 0.415. The van der Waals surface area contributed by atoms with Gasteiger partial charge in [0.05, 0.1) is 0 Å². The second kappa shape index (κ2) is 7.52. The number of aryl methyl sites for hydroxylation is 1. The van der Waals surface area contributed by atoms with Crippen molar-refractivity contribution in [2.24, 2.45) is 5.92 Å². The van der Waals surface area contributed by atoms with Gasteiger partial charge in [0.25, 0.3) is 0 Å². The molecule has 0 saturated heterocycles. The minimum Gasteiger partial charge on any atom is -0.314 e. The monoisotopic (exact) mass is 251 g/mol. The molecule has 102 valence electrons. The average Bonchev–Trinajstić information content (AvgIpc) is 2.30. The van der Waals surface area contributed by atoms with Gasteiger partial charge in [0.1, 0.15) is 5.82 Å². The van der Waals surface area contributed by atoms with Crippen LogP contribution in [0, 0.1) is 18.7 Å². The lowest BCUT2D eigenvalue weighted by Gasteiger charge is -2.21. The second-order valence-electron chi connectivity index (χ2n) is 5.56. The van der Waals surface area contributed by atoms with Crippen molar-refractivity contribution in [2.45, 2.75) is 53.0 Å². The van der Waals surface area contributed by atoms with E-state index < -0.39 is 0 Å². The summed E-state index contributed by atoms with van der Waals surface area (Å²) in [5, 5.41) is 3.57. The molecule has 1 aromatic rings. The van der Waals surface area contributed by atoms with Crippen LogP contribution in [0.2, 0.25) is 0 Å². The molecule has 0 fully saturated rings. The van der Waals surface area contributed by atoms with Gasteiger partial charge in [-0.15, -0.1) is 0 Å². The molecule has 1 unspecified atom stereocenters. The highest BCUT2D eigenvalue weighted by Crippen LogP contribution is 2.16. The molecule has 0 saturated carbocycles. The summed E-state index contributed by atoms with van der Waals surface area (Å²) in [6.07, 6.45) is 3.19. The number of halogens is 1. The highest BCUT2D eigenvalue weighted by molar-refractivity contribution is 5.27. The zero-order valence-corrected chi connectivity index (χ0v) is 12.1. The van der Waals surface area contributed by atoms with Crippen LogP contribution in [-0.4, -0.2) is 12.6 Å². The molecule has 1 atom stereocenters. The number of hydrogen-bond acceptors (Lipinski definition) is 1. The van der Waals surface area contributed by atoms with E-state index >= 15 is 0 Å². The van der Waals surface area contributed by atoms with Crippen molar-refractivity contribution in [2.75, 3.05) is 6.54 Å².